The van der Waals surface area contributed by atoms with E-state index in [1.807, 2.05) is 0 Å². The monoisotopic (exact) mass is 242 g/mol. The molecule has 6 heteroatoms. The Bertz CT molecular complexity index is 256. The quantitative estimate of drug-likeness (QED) is 0.643. The number of carbonyl (C=O) groups is 1. The number of rotatable bonds is 5. The molecule has 2 rings (SSSR count). The van der Waals surface area contributed by atoms with Crippen LogP contribution in [-0.4, -0.2) is 81.4 Å². The highest BCUT2D eigenvalue weighted by molar-refractivity contribution is 5.69. The second kappa shape index (κ2) is 6.18. The average Bonchev–Trinajstić information content (AvgIpc) is 2.73. The summed E-state index contributed by atoms with van der Waals surface area (Å²) in [5.41, 5.74) is 0. The molecule has 1 atom stereocenters. The molecule has 2 aliphatic heterocycles. The van der Waals surface area contributed by atoms with Gasteiger partial charge in [0.15, 0.2) is 0 Å². The summed E-state index contributed by atoms with van der Waals surface area (Å²) in [5.74, 6) is 0. The number of hydrogen-bond donors (Lipinski definition) is 2. The van der Waals surface area contributed by atoms with Crippen molar-refractivity contribution < 1.29 is 9.53 Å². The van der Waals surface area contributed by atoms with Gasteiger partial charge in [-0.25, -0.2) is 4.79 Å². The average molecular weight is 242 g/mol. The highest BCUT2D eigenvalue weighted by Gasteiger charge is 2.23. The number of alkyl carbamates (subject to hydrolysis) is 1. The van der Waals surface area contributed by atoms with Crippen LogP contribution >= 0.6 is 0 Å². The molecule has 0 aliphatic carbocycles. The minimum atomic E-state index is -0.287. The van der Waals surface area contributed by atoms with Crippen LogP contribution < -0.4 is 10.6 Å². The second-order valence-electron chi connectivity index (χ2n) is 4.76. The summed E-state index contributed by atoms with van der Waals surface area (Å²) in [6, 6.07) is 0. The lowest BCUT2D eigenvalue weighted by Gasteiger charge is -2.29. The van der Waals surface area contributed by atoms with Gasteiger partial charge in [-0.05, 0) is 7.05 Å². The van der Waals surface area contributed by atoms with Gasteiger partial charge in [0, 0.05) is 45.8 Å². The van der Waals surface area contributed by atoms with Crippen LogP contribution in [0.1, 0.15) is 0 Å². The van der Waals surface area contributed by atoms with Crippen LogP contribution in [0.15, 0.2) is 0 Å². The first-order chi connectivity index (χ1) is 8.24. The molecule has 2 saturated heterocycles. The van der Waals surface area contributed by atoms with Crippen molar-refractivity contribution in [3.05, 3.63) is 0 Å². The maximum Gasteiger partial charge on any atom is 0.407 e. The number of ether oxygens (including phenoxy) is 1. The third-order valence-electron chi connectivity index (χ3n) is 3.27. The molecular weight excluding hydrogens is 220 g/mol. The number of nitrogens with one attached hydrogen (secondary N) is 2. The standard InChI is InChI=1S/C11H22N4O2/c1-14(9-10-8-13-11(16)17-10)6-7-15-4-2-12-3-5-15/h10,12H,2-9H2,1H3,(H,13,16). The topological polar surface area (TPSA) is 56.8 Å². The summed E-state index contributed by atoms with van der Waals surface area (Å²) >= 11 is 0. The predicted octanol–water partition coefficient (Wildman–Crippen LogP) is -1.07. The molecule has 1 amide bonds. The van der Waals surface area contributed by atoms with Crippen LogP contribution in [-0.2, 0) is 4.74 Å². The van der Waals surface area contributed by atoms with E-state index >= 15 is 0 Å². The highest BCUT2D eigenvalue weighted by Crippen LogP contribution is 2.02. The zero-order valence-electron chi connectivity index (χ0n) is 10.4. The van der Waals surface area contributed by atoms with E-state index < -0.39 is 0 Å². The summed E-state index contributed by atoms with van der Waals surface area (Å²) in [6.45, 7) is 8.01. The fourth-order valence-corrected chi connectivity index (χ4v) is 2.22. The Hall–Kier alpha value is -0.850. The van der Waals surface area contributed by atoms with Crippen molar-refractivity contribution in [2.45, 2.75) is 6.10 Å². The van der Waals surface area contributed by atoms with Gasteiger partial charge in [-0.15, -0.1) is 0 Å². The van der Waals surface area contributed by atoms with Gasteiger partial charge in [-0.3, -0.25) is 4.90 Å². The zero-order chi connectivity index (χ0) is 12.1. The SMILES string of the molecule is CN(CCN1CCNCC1)CC1CNC(=O)O1. The molecule has 0 aromatic heterocycles. The lowest BCUT2D eigenvalue weighted by atomic mass is 10.3. The Morgan fingerprint density at radius 1 is 1.47 bits per heavy atom. The van der Waals surface area contributed by atoms with Gasteiger partial charge >= 0.3 is 6.09 Å². The smallest absolute Gasteiger partial charge is 0.407 e. The van der Waals surface area contributed by atoms with Crippen molar-refractivity contribution in [3.63, 3.8) is 0 Å². The van der Waals surface area contributed by atoms with Gasteiger partial charge < -0.3 is 20.3 Å². The Morgan fingerprint density at radius 2 is 2.24 bits per heavy atom. The first-order valence-corrected chi connectivity index (χ1v) is 6.30. The van der Waals surface area contributed by atoms with E-state index in [4.69, 9.17) is 4.74 Å². The number of cyclic esters (lactones) is 1. The zero-order valence-corrected chi connectivity index (χ0v) is 10.4. The van der Waals surface area contributed by atoms with Crippen LogP contribution in [0.5, 0.6) is 0 Å². The molecule has 1 unspecified atom stereocenters. The summed E-state index contributed by atoms with van der Waals surface area (Å²) in [6.07, 6.45) is -0.277. The van der Waals surface area contributed by atoms with E-state index in [0.29, 0.717) is 6.54 Å². The molecule has 2 fully saturated rings. The summed E-state index contributed by atoms with van der Waals surface area (Å²) < 4.78 is 5.11. The van der Waals surface area contributed by atoms with Crippen molar-refractivity contribution in [3.8, 4) is 0 Å². The molecule has 0 bridgehead atoms. The maximum absolute atomic E-state index is 10.9. The Morgan fingerprint density at radius 3 is 2.88 bits per heavy atom. The molecule has 0 saturated carbocycles. The molecule has 0 spiro atoms. The summed E-state index contributed by atoms with van der Waals surface area (Å²) in [5, 5.41) is 6.02. The van der Waals surface area contributed by atoms with Crippen LogP contribution in [0, 0.1) is 0 Å². The van der Waals surface area contributed by atoms with Gasteiger partial charge in [-0.1, -0.05) is 0 Å². The first kappa shape index (κ1) is 12.6. The maximum atomic E-state index is 10.9. The first-order valence-electron chi connectivity index (χ1n) is 6.30. The Balaban J connectivity index is 1.60. The van der Waals surface area contributed by atoms with Crippen molar-refractivity contribution in [2.24, 2.45) is 0 Å². The van der Waals surface area contributed by atoms with Gasteiger partial charge in [0.1, 0.15) is 6.10 Å². The summed E-state index contributed by atoms with van der Waals surface area (Å²) in [4.78, 5) is 15.6. The Labute approximate surface area is 102 Å². The van der Waals surface area contributed by atoms with E-state index in [1.54, 1.807) is 0 Å². The van der Waals surface area contributed by atoms with Crippen LogP contribution in [0.4, 0.5) is 4.79 Å². The van der Waals surface area contributed by atoms with Crippen molar-refractivity contribution >= 4 is 6.09 Å². The molecular formula is C11H22N4O2. The van der Waals surface area contributed by atoms with Gasteiger partial charge in [0.25, 0.3) is 0 Å². The minimum Gasteiger partial charge on any atom is -0.443 e. The molecule has 0 aromatic carbocycles. The third kappa shape index (κ3) is 4.14. The van der Waals surface area contributed by atoms with E-state index in [9.17, 15) is 4.79 Å². The fourth-order valence-electron chi connectivity index (χ4n) is 2.22. The van der Waals surface area contributed by atoms with Crippen molar-refractivity contribution in [2.75, 3.05) is 59.4 Å². The number of hydrogen-bond acceptors (Lipinski definition) is 5. The molecule has 98 valence electrons. The third-order valence-corrected chi connectivity index (χ3v) is 3.27. The normalized spacial score (nSPS) is 26.0. The van der Waals surface area contributed by atoms with Crippen LogP contribution in [0.25, 0.3) is 0 Å². The van der Waals surface area contributed by atoms with Gasteiger partial charge in [0.05, 0.1) is 6.54 Å². The van der Waals surface area contributed by atoms with Gasteiger partial charge in [-0.2, -0.15) is 0 Å². The molecule has 0 aromatic rings. The molecule has 0 radical (unpaired) electrons. The summed E-state index contributed by atoms with van der Waals surface area (Å²) in [7, 11) is 2.08. The Kier molecular flexibility index (Phi) is 4.58. The van der Waals surface area contributed by atoms with Crippen molar-refractivity contribution in [1.29, 1.82) is 0 Å². The number of carbonyl (C=O) groups excluding carboxylic acids is 1. The fraction of sp³-hybridized carbons (Fsp3) is 0.909. The van der Waals surface area contributed by atoms with Crippen LogP contribution in [0.2, 0.25) is 0 Å². The van der Waals surface area contributed by atoms with E-state index in [2.05, 4.69) is 27.5 Å². The second-order valence-corrected chi connectivity index (χ2v) is 4.76. The molecule has 6 nitrogen and oxygen atoms in total. The van der Waals surface area contributed by atoms with Gasteiger partial charge in [0.2, 0.25) is 0 Å². The molecule has 2 aliphatic rings. The number of piperazine rings is 1. The number of nitrogens with zero attached hydrogens (tertiary/aromatic N) is 2. The lowest BCUT2D eigenvalue weighted by molar-refractivity contribution is 0.111. The minimum absolute atomic E-state index is 0.00974. The molecule has 2 heterocycles. The predicted molar refractivity (Wildman–Crippen MR) is 65.1 cm³/mol. The van der Waals surface area contributed by atoms with E-state index in [-0.39, 0.29) is 12.2 Å². The van der Waals surface area contributed by atoms with E-state index in [0.717, 1.165) is 45.8 Å². The lowest BCUT2D eigenvalue weighted by Crippen LogP contribution is -2.46. The largest absolute Gasteiger partial charge is 0.443 e. The molecule has 17 heavy (non-hydrogen) atoms. The highest BCUT2D eigenvalue weighted by atomic mass is 16.6. The molecule has 2 N–H and O–H groups in total. The van der Waals surface area contributed by atoms with E-state index in [1.165, 1.54) is 0 Å². The van der Waals surface area contributed by atoms with Crippen LogP contribution in [0.3, 0.4) is 0 Å². The van der Waals surface area contributed by atoms with Crippen molar-refractivity contribution in [1.82, 2.24) is 20.4 Å². The number of amides is 1. The number of likely N-dealkylation sites (N-methyl/N-ethyl adjacent to an activating group) is 1.